The Balaban J connectivity index is 2.29. The Morgan fingerprint density at radius 3 is 2.48 bits per heavy atom. The van der Waals surface area contributed by atoms with E-state index in [1.54, 1.807) is 6.08 Å². The molecule has 2 heteroatoms. The smallest absolute Gasteiger partial charge is 0.159 e. The molecule has 0 saturated carbocycles. The van der Waals surface area contributed by atoms with Gasteiger partial charge < -0.3 is 5.73 Å². The highest BCUT2D eigenvalue weighted by atomic mass is 16.1. The number of unbranched alkanes of at least 4 members (excludes halogenated alkanes) is 4. The van der Waals surface area contributed by atoms with Crippen molar-refractivity contribution in [3.05, 3.63) is 36.5 Å². The largest absolute Gasteiger partial charge is 0.330 e. The van der Waals surface area contributed by atoms with Gasteiger partial charge in [-0.1, -0.05) is 50.1 Å². The van der Waals surface area contributed by atoms with Crippen molar-refractivity contribution in [3.63, 3.8) is 0 Å². The van der Waals surface area contributed by atoms with Crippen LogP contribution in [-0.2, 0) is 4.79 Å². The van der Waals surface area contributed by atoms with Crippen molar-refractivity contribution < 1.29 is 4.79 Å². The standard InChI is InChI=1S/C19H31NO/c1-2-3-4-5-6-9-12-17-14-15-19(21)18(17)13-10-7-8-11-16-20/h6-7,9-10,14-15,17-18H,2-5,8,11-13,16,20H2,1H3. The minimum Gasteiger partial charge on any atom is -0.330 e. The van der Waals surface area contributed by atoms with Gasteiger partial charge in [-0.15, -0.1) is 0 Å². The van der Waals surface area contributed by atoms with E-state index in [4.69, 9.17) is 5.73 Å². The van der Waals surface area contributed by atoms with E-state index in [2.05, 4.69) is 37.3 Å². The first-order chi connectivity index (χ1) is 10.3. The lowest BCUT2D eigenvalue weighted by molar-refractivity contribution is -0.118. The van der Waals surface area contributed by atoms with Crippen molar-refractivity contribution in [2.24, 2.45) is 17.6 Å². The maximum atomic E-state index is 11.9. The molecule has 0 heterocycles. The maximum Gasteiger partial charge on any atom is 0.159 e. The lowest BCUT2D eigenvalue weighted by Crippen LogP contribution is -2.14. The van der Waals surface area contributed by atoms with Gasteiger partial charge in [0.1, 0.15) is 0 Å². The highest BCUT2D eigenvalue weighted by Crippen LogP contribution is 2.29. The minimum absolute atomic E-state index is 0.152. The number of ketones is 1. The molecular weight excluding hydrogens is 258 g/mol. The summed E-state index contributed by atoms with van der Waals surface area (Å²) >= 11 is 0. The molecule has 118 valence electrons. The van der Waals surface area contributed by atoms with Gasteiger partial charge in [-0.3, -0.25) is 4.79 Å². The van der Waals surface area contributed by atoms with Gasteiger partial charge in [-0.25, -0.2) is 0 Å². The van der Waals surface area contributed by atoms with E-state index in [0.717, 1.165) is 32.2 Å². The lowest BCUT2D eigenvalue weighted by Gasteiger charge is -2.14. The fraction of sp³-hybridized carbons (Fsp3) is 0.632. The van der Waals surface area contributed by atoms with Crippen LogP contribution in [0.25, 0.3) is 0 Å². The zero-order valence-corrected chi connectivity index (χ0v) is 13.5. The molecule has 0 aliphatic heterocycles. The van der Waals surface area contributed by atoms with Gasteiger partial charge in [0.25, 0.3) is 0 Å². The predicted molar refractivity (Wildman–Crippen MR) is 91.1 cm³/mol. The quantitative estimate of drug-likeness (QED) is 0.447. The van der Waals surface area contributed by atoms with E-state index >= 15 is 0 Å². The van der Waals surface area contributed by atoms with Crippen LogP contribution in [0.15, 0.2) is 36.5 Å². The third-order valence-electron chi connectivity index (χ3n) is 4.07. The second kappa shape index (κ2) is 11.5. The molecule has 0 aromatic carbocycles. The van der Waals surface area contributed by atoms with Crippen LogP contribution in [-0.4, -0.2) is 12.3 Å². The molecule has 21 heavy (non-hydrogen) atoms. The zero-order chi connectivity index (χ0) is 15.3. The summed E-state index contributed by atoms with van der Waals surface area (Å²) in [6.07, 6.45) is 21.7. The average Bonchev–Trinajstić information content (AvgIpc) is 2.83. The number of rotatable bonds is 11. The zero-order valence-electron chi connectivity index (χ0n) is 13.5. The Morgan fingerprint density at radius 1 is 1.05 bits per heavy atom. The summed E-state index contributed by atoms with van der Waals surface area (Å²) in [7, 11) is 0. The second-order valence-electron chi connectivity index (χ2n) is 5.87. The Morgan fingerprint density at radius 2 is 1.76 bits per heavy atom. The SMILES string of the molecule is CCCCCC=CCC1C=CC(=O)C1CC=CCCCN. The normalized spacial score (nSPS) is 22.1. The molecular formula is C19H31NO. The van der Waals surface area contributed by atoms with Gasteiger partial charge in [-0.05, 0) is 57.1 Å². The molecule has 1 aliphatic rings. The van der Waals surface area contributed by atoms with Crippen LogP contribution in [0.5, 0.6) is 0 Å². The van der Waals surface area contributed by atoms with Crippen molar-refractivity contribution >= 4 is 5.78 Å². The molecule has 2 N–H and O–H groups in total. The first kappa shape index (κ1) is 17.9. The monoisotopic (exact) mass is 289 g/mol. The molecule has 0 fully saturated rings. The van der Waals surface area contributed by atoms with Crippen molar-refractivity contribution in [2.75, 3.05) is 6.54 Å². The van der Waals surface area contributed by atoms with Gasteiger partial charge in [0, 0.05) is 5.92 Å². The molecule has 0 aromatic heterocycles. The van der Waals surface area contributed by atoms with Crippen molar-refractivity contribution in [1.29, 1.82) is 0 Å². The third kappa shape index (κ3) is 7.42. The summed E-state index contributed by atoms with van der Waals surface area (Å²) in [5, 5.41) is 0. The maximum absolute atomic E-state index is 11.9. The lowest BCUT2D eigenvalue weighted by atomic mass is 9.88. The van der Waals surface area contributed by atoms with Gasteiger partial charge >= 0.3 is 0 Å². The Kier molecular flexibility index (Phi) is 9.81. The van der Waals surface area contributed by atoms with Gasteiger partial charge in [0.15, 0.2) is 5.78 Å². The highest BCUT2D eigenvalue weighted by molar-refractivity contribution is 5.94. The van der Waals surface area contributed by atoms with Crippen LogP contribution < -0.4 is 5.73 Å². The summed E-state index contributed by atoms with van der Waals surface area (Å²) in [6.45, 7) is 2.96. The molecule has 0 amide bonds. The molecule has 0 radical (unpaired) electrons. The van der Waals surface area contributed by atoms with E-state index in [9.17, 15) is 4.79 Å². The molecule has 0 spiro atoms. The van der Waals surface area contributed by atoms with Gasteiger partial charge in [0.05, 0.1) is 0 Å². The fourth-order valence-corrected chi connectivity index (χ4v) is 2.70. The first-order valence-electron chi connectivity index (χ1n) is 8.51. The minimum atomic E-state index is 0.152. The summed E-state index contributed by atoms with van der Waals surface area (Å²) in [4.78, 5) is 11.9. The molecule has 2 atom stereocenters. The first-order valence-corrected chi connectivity index (χ1v) is 8.51. The van der Waals surface area contributed by atoms with Crippen LogP contribution in [0.1, 0.15) is 58.3 Å². The van der Waals surface area contributed by atoms with Crippen molar-refractivity contribution in [1.82, 2.24) is 0 Å². The Bertz CT molecular complexity index is 368. The molecule has 0 aromatic rings. The van der Waals surface area contributed by atoms with E-state index in [-0.39, 0.29) is 5.92 Å². The van der Waals surface area contributed by atoms with E-state index in [1.807, 2.05) is 0 Å². The van der Waals surface area contributed by atoms with E-state index in [1.165, 1.54) is 25.7 Å². The number of nitrogens with two attached hydrogens (primary N) is 1. The summed E-state index contributed by atoms with van der Waals surface area (Å²) in [5.41, 5.74) is 5.47. The second-order valence-corrected chi connectivity index (χ2v) is 5.87. The average molecular weight is 289 g/mol. The topological polar surface area (TPSA) is 43.1 Å². The van der Waals surface area contributed by atoms with Crippen LogP contribution in [0, 0.1) is 11.8 Å². The van der Waals surface area contributed by atoms with Crippen LogP contribution in [0.2, 0.25) is 0 Å². The summed E-state index contributed by atoms with van der Waals surface area (Å²) in [5.74, 6) is 0.835. The Hall–Kier alpha value is -1.15. The summed E-state index contributed by atoms with van der Waals surface area (Å²) in [6, 6.07) is 0. The van der Waals surface area contributed by atoms with E-state index < -0.39 is 0 Å². The van der Waals surface area contributed by atoms with Crippen molar-refractivity contribution in [2.45, 2.75) is 58.3 Å². The fourth-order valence-electron chi connectivity index (χ4n) is 2.70. The highest BCUT2D eigenvalue weighted by Gasteiger charge is 2.27. The number of hydrogen-bond donors (Lipinski definition) is 1. The molecule has 0 saturated heterocycles. The predicted octanol–water partition coefficient (Wildman–Crippen LogP) is 4.57. The van der Waals surface area contributed by atoms with E-state index in [0.29, 0.717) is 11.7 Å². The van der Waals surface area contributed by atoms with Crippen LogP contribution in [0.4, 0.5) is 0 Å². The number of hydrogen-bond acceptors (Lipinski definition) is 2. The Labute approximate surface area is 130 Å². The summed E-state index contributed by atoms with van der Waals surface area (Å²) < 4.78 is 0. The van der Waals surface area contributed by atoms with Gasteiger partial charge in [-0.2, -0.15) is 0 Å². The van der Waals surface area contributed by atoms with Gasteiger partial charge in [0.2, 0.25) is 0 Å². The van der Waals surface area contributed by atoms with Crippen LogP contribution >= 0.6 is 0 Å². The molecule has 2 unspecified atom stereocenters. The number of allylic oxidation sites excluding steroid dienone is 6. The number of carbonyl (C=O) groups excluding carboxylic acids is 1. The molecule has 1 aliphatic carbocycles. The third-order valence-corrected chi connectivity index (χ3v) is 4.07. The molecule has 0 bridgehead atoms. The van der Waals surface area contributed by atoms with Crippen molar-refractivity contribution in [3.8, 4) is 0 Å². The van der Waals surface area contributed by atoms with Crippen LogP contribution in [0.3, 0.4) is 0 Å². The molecule has 1 rings (SSSR count). The number of carbonyl (C=O) groups is 1. The molecule has 2 nitrogen and oxygen atoms in total.